The van der Waals surface area contributed by atoms with Crippen molar-refractivity contribution in [3.63, 3.8) is 0 Å². The molecule has 154 valence electrons. The molecule has 4 heteroatoms. The summed E-state index contributed by atoms with van der Waals surface area (Å²) in [6.07, 6.45) is 10.8. The molecule has 1 aliphatic rings. The monoisotopic (exact) mass is 482 g/mol. The quantitative estimate of drug-likeness (QED) is 0.312. The van der Waals surface area contributed by atoms with Crippen LogP contribution in [0.2, 0.25) is 0 Å². The molecule has 0 atom stereocenters. The van der Waals surface area contributed by atoms with E-state index in [9.17, 15) is 0 Å². The Balaban J connectivity index is 0. The molecule has 0 fully saturated rings. The molecular formula is C25H29Cl3Ti. The van der Waals surface area contributed by atoms with Crippen molar-refractivity contribution in [2.24, 2.45) is 5.92 Å². The first kappa shape index (κ1) is 30.7. The molecular weight excluding hydrogens is 455 g/mol. The van der Waals surface area contributed by atoms with Gasteiger partial charge in [-0.2, -0.15) is 5.57 Å². The zero-order valence-corrected chi connectivity index (χ0v) is 21.2. The fraction of sp³-hybridized carbons (Fsp3) is 0.360. The average Bonchev–Trinajstić information content (AvgIpc) is 3.15. The van der Waals surface area contributed by atoms with E-state index >= 15 is 0 Å². The van der Waals surface area contributed by atoms with E-state index in [1.54, 1.807) is 0 Å². The van der Waals surface area contributed by atoms with E-state index in [0.29, 0.717) is 5.92 Å². The van der Waals surface area contributed by atoms with E-state index in [0.717, 1.165) is 12.8 Å². The first-order chi connectivity index (χ1) is 12.2. The van der Waals surface area contributed by atoms with Gasteiger partial charge >= 0.3 is 21.7 Å². The van der Waals surface area contributed by atoms with E-state index in [-0.39, 0.29) is 64.4 Å². The van der Waals surface area contributed by atoms with E-state index in [1.165, 1.54) is 35.1 Å². The summed E-state index contributed by atoms with van der Waals surface area (Å²) in [5.41, 5.74) is 5.53. The SMILES string of the molecule is CCCCC(C1=[C-]C(C(C)C)=CC1)(c1ccccc1)c1ccccc1.[Cl-].[Cl-].[Cl-].[Ti+4]. The summed E-state index contributed by atoms with van der Waals surface area (Å²) >= 11 is 0. The van der Waals surface area contributed by atoms with Gasteiger partial charge in [0.25, 0.3) is 0 Å². The summed E-state index contributed by atoms with van der Waals surface area (Å²) in [6.45, 7) is 6.81. The first-order valence-corrected chi connectivity index (χ1v) is 9.63. The van der Waals surface area contributed by atoms with E-state index in [2.05, 4.69) is 93.6 Å². The molecule has 3 rings (SSSR count). The van der Waals surface area contributed by atoms with Gasteiger partial charge in [0.2, 0.25) is 0 Å². The van der Waals surface area contributed by atoms with Crippen LogP contribution in [0.25, 0.3) is 0 Å². The zero-order chi connectivity index (χ0) is 17.7. The number of halogens is 3. The maximum Gasteiger partial charge on any atom is 4.00 e. The molecule has 2 aromatic carbocycles. The predicted molar refractivity (Wildman–Crippen MR) is 107 cm³/mol. The Labute approximate surface area is 210 Å². The van der Waals surface area contributed by atoms with Crippen molar-refractivity contribution in [3.05, 3.63) is 95.1 Å². The second-order valence-electron chi connectivity index (χ2n) is 7.36. The van der Waals surface area contributed by atoms with Gasteiger partial charge in [0, 0.05) is 5.41 Å². The minimum absolute atomic E-state index is 0. The van der Waals surface area contributed by atoms with Crippen LogP contribution >= 0.6 is 0 Å². The fourth-order valence-electron chi connectivity index (χ4n) is 3.99. The van der Waals surface area contributed by atoms with Crippen molar-refractivity contribution in [3.8, 4) is 0 Å². The Morgan fingerprint density at radius 1 is 0.862 bits per heavy atom. The molecule has 0 saturated heterocycles. The molecule has 0 aromatic heterocycles. The summed E-state index contributed by atoms with van der Waals surface area (Å²) in [7, 11) is 0. The Bertz CT molecular complexity index is 713. The smallest absolute Gasteiger partial charge is 1.00 e. The van der Waals surface area contributed by atoms with Crippen LogP contribution in [-0.2, 0) is 27.1 Å². The Morgan fingerprint density at radius 3 is 1.72 bits per heavy atom. The van der Waals surface area contributed by atoms with Crippen molar-refractivity contribution in [2.45, 2.75) is 51.9 Å². The molecule has 1 aliphatic carbocycles. The van der Waals surface area contributed by atoms with Crippen LogP contribution in [0, 0.1) is 12.0 Å². The Hall–Kier alpha value is -0.496. The number of allylic oxidation sites excluding steroid dienone is 4. The van der Waals surface area contributed by atoms with Gasteiger partial charge in [-0.3, -0.25) is 0 Å². The predicted octanol–water partition coefficient (Wildman–Crippen LogP) is -2.11. The van der Waals surface area contributed by atoms with Gasteiger partial charge < -0.3 is 37.2 Å². The molecule has 0 nitrogen and oxygen atoms in total. The Kier molecular flexibility index (Phi) is 15.3. The third kappa shape index (κ3) is 6.74. The Morgan fingerprint density at radius 2 is 1.34 bits per heavy atom. The molecule has 0 saturated carbocycles. The second kappa shape index (κ2) is 14.5. The fourth-order valence-corrected chi connectivity index (χ4v) is 3.99. The van der Waals surface area contributed by atoms with Crippen LogP contribution in [0.4, 0.5) is 0 Å². The van der Waals surface area contributed by atoms with Crippen molar-refractivity contribution in [2.75, 3.05) is 0 Å². The van der Waals surface area contributed by atoms with Gasteiger partial charge in [-0.05, 0) is 17.5 Å². The molecule has 0 N–H and O–H groups in total. The van der Waals surface area contributed by atoms with Crippen molar-refractivity contribution in [1.29, 1.82) is 0 Å². The van der Waals surface area contributed by atoms with Crippen LogP contribution in [0.5, 0.6) is 0 Å². The van der Waals surface area contributed by atoms with Gasteiger partial charge in [0.1, 0.15) is 0 Å². The first-order valence-electron chi connectivity index (χ1n) is 9.63. The molecule has 0 spiro atoms. The molecule has 0 unspecified atom stereocenters. The zero-order valence-electron chi connectivity index (χ0n) is 17.4. The van der Waals surface area contributed by atoms with Gasteiger partial charge in [-0.15, -0.1) is 0 Å². The minimum Gasteiger partial charge on any atom is -1.00 e. The summed E-state index contributed by atoms with van der Waals surface area (Å²) in [5, 5.41) is 0. The number of rotatable bonds is 7. The molecule has 0 radical (unpaired) electrons. The molecule has 0 amide bonds. The van der Waals surface area contributed by atoms with Crippen LogP contribution in [-0.4, -0.2) is 0 Å². The topological polar surface area (TPSA) is 0 Å². The molecule has 0 aliphatic heterocycles. The minimum atomic E-state index is -0.0638. The van der Waals surface area contributed by atoms with Gasteiger partial charge in [-0.25, -0.2) is 17.7 Å². The normalized spacial score (nSPS) is 12.6. The van der Waals surface area contributed by atoms with Crippen molar-refractivity contribution < 1.29 is 58.9 Å². The summed E-state index contributed by atoms with van der Waals surface area (Å²) in [4.78, 5) is 0. The van der Waals surface area contributed by atoms with Gasteiger partial charge in [-0.1, -0.05) is 107 Å². The van der Waals surface area contributed by atoms with Crippen LogP contribution in [0.1, 0.15) is 57.6 Å². The van der Waals surface area contributed by atoms with Crippen LogP contribution < -0.4 is 37.2 Å². The average molecular weight is 484 g/mol. The van der Waals surface area contributed by atoms with Crippen LogP contribution in [0.3, 0.4) is 0 Å². The number of unbranched alkanes of at least 4 members (excludes halogenated alkanes) is 1. The number of hydrogen-bond donors (Lipinski definition) is 0. The van der Waals surface area contributed by atoms with E-state index in [4.69, 9.17) is 0 Å². The third-order valence-electron chi connectivity index (χ3n) is 5.40. The number of benzene rings is 2. The van der Waals surface area contributed by atoms with Crippen LogP contribution in [0.15, 0.2) is 77.9 Å². The molecule has 0 heterocycles. The van der Waals surface area contributed by atoms with E-state index < -0.39 is 0 Å². The molecule has 2 aromatic rings. The second-order valence-corrected chi connectivity index (χ2v) is 7.36. The van der Waals surface area contributed by atoms with Gasteiger partial charge in [0.15, 0.2) is 0 Å². The maximum atomic E-state index is 3.81. The van der Waals surface area contributed by atoms with Gasteiger partial charge in [0.05, 0.1) is 0 Å². The maximum absolute atomic E-state index is 3.81. The summed E-state index contributed by atoms with van der Waals surface area (Å²) in [5.74, 6) is 0.535. The third-order valence-corrected chi connectivity index (χ3v) is 5.40. The standard InChI is InChI=1S/C25H29.3ClH.Ti/c1-4-5-18-25(22-12-8-6-9-13-22,23-14-10-7-11-15-23)24-17-16-21(19-24)20(2)3;;;;/h6-16,20H,4-5,17-18H2,1-3H3;3*1H;/q-1;;;;+4/p-3. The largest absolute Gasteiger partial charge is 4.00 e. The van der Waals surface area contributed by atoms with Crippen molar-refractivity contribution >= 4 is 0 Å². The van der Waals surface area contributed by atoms with E-state index in [1.807, 2.05) is 0 Å². The summed E-state index contributed by atoms with van der Waals surface area (Å²) < 4.78 is 0. The molecule has 29 heavy (non-hydrogen) atoms. The summed E-state index contributed by atoms with van der Waals surface area (Å²) in [6, 6.07) is 22.1. The number of hydrogen-bond acceptors (Lipinski definition) is 0. The molecule has 0 bridgehead atoms. The van der Waals surface area contributed by atoms with Crippen molar-refractivity contribution in [1.82, 2.24) is 0 Å².